The topological polar surface area (TPSA) is 65.5 Å². The minimum atomic E-state index is -0.538. The van der Waals surface area contributed by atoms with Gasteiger partial charge < -0.3 is 16.0 Å². The first-order chi connectivity index (χ1) is 10.4. The van der Waals surface area contributed by atoms with E-state index in [1.165, 1.54) is 12.1 Å². The molecule has 0 fully saturated rings. The predicted molar refractivity (Wildman–Crippen MR) is 87.1 cm³/mol. The minimum absolute atomic E-state index is 0.00325. The van der Waals surface area contributed by atoms with Crippen molar-refractivity contribution in [3.63, 3.8) is 0 Å². The van der Waals surface area contributed by atoms with Crippen LogP contribution in [0.4, 0.5) is 4.39 Å². The largest absolute Gasteiger partial charge is 0.356 e. The molecule has 0 aliphatic heterocycles. The fraction of sp³-hybridized carbons (Fsp3) is 0.500. The zero-order valence-electron chi connectivity index (χ0n) is 13.7. The second kappa shape index (κ2) is 8.36. The van der Waals surface area contributed by atoms with Gasteiger partial charge in [0, 0.05) is 26.7 Å². The van der Waals surface area contributed by atoms with Gasteiger partial charge in [0.1, 0.15) is 5.82 Å². The lowest BCUT2D eigenvalue weighted by atomic mass is 9.92. The van der Waals surface area contributed by atoms with Gasteiger partial charge in [-0.2, -0.15) is 0 Å². The molecule has 0 aromatic heterocycles. The highest BCUT2D eigenvalue weighted by Crippen LogP contribution is 2.13. The lowest BCUT2D eigenvalue weighted by Gasteiger charge is -2.24. The van der Waals surface area contributed by atoms with Crippen LogP contribution >= 0.6 is 0 Å². The highest BCUT2D eigenvalue weighted by molar-refractivity contribution is 5.84. The van der Waals surface area contributed by atoms with Gasteiger partial charge in [0.25, 0.3) is 0 Å². The highest BCUT2D eigenvalue weighted by Gasteiger charge is 2.27. The van der Waals surface area contributed by atoms with Crippen LogP contribution in [-0.2, 0) is 11.3 Å². The van der Waals surface area contributed by atoms with Crippen molar-refractivity contribution in [3.05, 3.63) is 35.6 Å². The SMILES string of the molecule is CCNC(=O)C(C)(C)CNC(=NC)NCc1ccc(F)cc1. The van der Waals surface area contributed by atoms with Gasteiger partial charge in [-0.1, -0.05) is 12.1 Å². The number of aliphatic imine (C=N–C) groups is 1. The lowest BCUT2D eigenvalue weighted by molar-refractivity contribution is -0.128. The number of amides is 1. The number of halogens is 1. The number of nitrogens with one attached hydrogen (secondary N) is 3. The fourth-order valence-corrected chi connectivity index (χ4v) is 1.79. The van der Waals surface area contributed by atoms with E-state index in [0.29, 0.717) is 25.6 Å². The number of carbonyl (C=O) groups is 1. The summed E-state index contributed by atoms with van der Waals surface area (Å²) in [5.41, 5.74) is 0.413. The Morgan fingerprint density at radius 3 is 2.36 bits per heavy atom. The average molecular weight is 308 g/mol. The number of carbonyl (C=O) groups excluding carboxylic acids is 1. The van der Waals surface area contributed by atoms with E-state index < -0.39 is 5.41 Å². The van der Waals surface area contributed by atoms with Gasteiger partial charge in [-0.25, -0.2) is 4.39 Å². The van der Waals surface area contributed by atoms with E-state index >= 15 is 0 Å². The first-order valence-electron chi connectivity index (χ1n) is 7.36. The Balaban J connectivity index is 2.49. The van der Waals surface area contributed by atoms with Gasteiger partial charge in [-0.05, 0) is 38.5 Å². The third kappa shape index (κ3) is 5.71. The number of rotatable bonds is 6. The Kier molecular flexibility index (Phi) is 6.82. The van der Waals surface area contributed by atoms with E-state index in [-0.39, 0.29) is 11.7 Å². The standard InChI is InChI=1S/C16H25FN4O/c1-5-19-14(22)16(2,3)11-21-15(18-4)20-10-12-6-8-13(17)9-7-12/h6-9H,5,10-11H2,1-4H3,(H,19,22)(H2,18,20,21). The molecule has 1 amide bonds. The molecule has 0 unspecified atom stereocenters. The third-order valence-corrected chi connectivity index (χ3v) is 3.25. The minimum Gasteiger partial charge on any atom is -0.356 e. The van der Waals surface area contributed by atoms with Gasteiger partial charge >= 0.3 is 0 Å². The summed E-state index contributed by atoms with van der Waals surface area (Å²) in [5.74, 6) is 0.341. The summed E-state index contributed by atoms with van der Waals surface area (Å²) >= 11 is 0. The second-order valence-corrected chi connectivity index (χ2v) is 5.65. The Morgan fingerprint density at radius 1 is 1.18 bits per heavy atom. The van der Waals surface area contributed by atoms with Crippen LogP contribution in [0.3, 0.4) is 0 Å². The molecule has 1 aromatic carbocycles. The Morgan fingerprint density at radius 2 is 1.82 bits per heavy atom. The predicted octanol–water partition coefficient (Wildman–Crippen LogP) is 1.65. The summed E-state index contributed by atoms with van der Waals surface area (Å²) in [6.07, 6.45) is 0. The number of hydrogen-bond acceptors (Lipinski definition) is 2. The van der Waals surface area contributed by atoms with Crippen molar-refractivity contribution in [2.24, 2.45) is 10.4 Å². The lowest BCUT2D eigenvalue weighted by Crippen LogP contribution is -2.47. The maximum absolute atomic E-state index is 12.8. The van der Waals surface area contributed by atoms with Crippen molar-refractivity contribution in [3.8, 4) is 0 Å². The molecular formula is C16H25FN4O. The molecule has 1 aromatic rings. The van der Waals surface area contributed by atoms with E-state index in [4.69, 9.17) is 0 Å². The number of nitrogens with zero attached hydrogens (tertiary/aromatic N) is 1. The van der Waals surface area contributed by atoms with Gasteiger partial charge in [0.05, 0.1) is 5.41 Å². The first kappa shape index (κ1) is 17.9. The fourth-order valence-electron chi connectivity index (χ4n) is 1.79. The molecule has 0 saturated carbocycles. The van der Waals surface area contributed by atoms with Crippen LogP contribution in [0.1, 0.15) is 26.3 Å². The van der Waals surface area contributed by atoms with Gasteiger partial charge in [0.15, 0.2) is 5.96 Å². The quantitative estimate of drug-likeness (QED) is 0.553. The molecule has 0 saturated heterocycles. The summed E-state index contributed by atoms with van der Waals surface area (Å²) in [5, 5.41) is 9.08. The molecule has 0 spiro atoms. The van der Waals surface area contributed by atoms with Gasteiger partial charge in [-0.15, -0.1) is 0 Å². The first-order valence-corrected chi connectivity index (χ1v) is 7.36. The van der Waals surface area contributed by atoms with E-state index in [1.807, 2.05) is 20.8 Å². The average Bonchev–Trinajstić information content (AvgIpc) is 2.49. The highest BCUT2D eigenvalue weighted by atomic mass is 19.1. The van der Waals surface area contributed by atoms with Crippen molar-refractivity contribution in [2.45, 2.75) is 27.3 Å². The summed E-state index contributed by atoms with van der Waals surface area (Å²) in [6, 6.07) is 6.28. The van der Waals surface area contributed by atoms with Crippen LogP contribution in [0.5, 0.6) is 0 Å². The summed E-state index contributed by atoms with van der Waals surface area (Å²) in [6.45, 7) is 7.24. The van der Waals surface area contributed by atoms with E-state index in [0.717, 1.165) is 5.56 Å². The van der Waals surface area contributed by atoms with Crippen molar-refractivity contribution in [1.29, 1.82) is 0 Å². The molecular weight excluding hydrogens is 283 g/mol. The van der Waals surface area contributed by atoms with E-state index in [2.05, 4.69) is 20.9 Å². The Hall–Kier alpha value is -2.11. The van der Waals surface area contributed by atoms with Crippen molar-refractivity contribution in [1.82, 2.24) is 16.0 Å². The molecule has 3 N–H and O–H groups in total. The van der Waals surface area contributed by atoms with Gasteiger partial charge in [0.2, 0.25) is 5.91 Å². The normalized spacial score (nSPS) is 12.0. The molecule has 122 valence electrons. The molecule has 5 nitrogen and oxygen atoms in total. The summed E-state index contributed by atoms with van der Waals surface area (Å²) < 4.78 is 12.8. The van der Waals surface area contributed by atoms with Crippen LogP contribution in [0.25, 0.3) is 0 Å². The van der Waals surface area contributed by atoms with E-state index in [9.17, 15) is 9.18 Å². The molecule has 0 radical (unpaired) electrons. The van der Waals surface area contributed by atoms with Crippen LogP contribution in [0.2, 0.25) is 0 Å². The van der Waals surface area contributed by atoms with Crippen LogP contribution in [0.15, 0.2) is 29.3 Å². The Labute approximate surface area is 131 Å². The molecule has 6 heteroatoms. The Bertz CT molecular complexity index is 511. The molecule has 0 heterocycles. The van der Waals surface area contributed by atoms with Gasteiger partial charge in [-0.3, -0.25) is 9.79 Å². The number of benzene rings is 1. The summed E-state index contributed by atoms with van der Waals surface area (Å²) in [4.78, 5) is 16.0. The monoisotopic (exact) mass is 308 g/mol. The number of guanidine groups is 1. The smallest absolute Gasteiger partial charge is 0.227 e. The summed E-state index contributed by atoms with van der Waals surface area (Å²) in [7, 11) is 1.67. The molecule has 0 atom stereocenters. The third-order valence-electron chi connectivity index (χ3n) is 3.25. The maximum Gasteiger partial charge on any atom is 0.227 e. The molecule has 1 rings (SSSR count). The van der Waals surface area contributed by atoms with Crippen LogP contribution in [-0.4, -0.2) is 32.0 Å². The van der Waals surface area contributed by atoms with Crippen molar-refractivity contribution in [2.75, 3.05) is 20.1 Å². The second-order valence-electron chi connectivity index (χ2n) is 5.65. The molecule has 0 aliphatic carbocycles. The zero-order chi connectivity index (χ0) is 16.6. The van der Waals surface area contributed by atoms with Crippen molar-refractivity contribution < 1.29 is 9.18 Å². The van der Waals surface area contributed by atoms with E-state index in [1.54, 1.807) is 19.2 Å². The van der Waals surface area contributed by atoms with Crippen LogP contribution in [0, 0.1) is 11.2 Å². The number of hydrogen-bond donors (Lipinski definition) is 3. The molecule has 0 aliphatic rings. The zero-order valence-corrected chi connectivity index (χ0v) is 13.7. The molecule has 22 heavy (non-hydrogen) atoms. The van der Waals surface area contributed by atoms with Crippen molar-refractivity contribution >= 4 is 11.9 Å². The van der Waals surface area contributed by atoms with Crippen LogP contribution < -0.4 is 16.0 Å². The maximum atomic E-state index is 12.8. The molecule has 0 bridgehead atoms.